The van der Waals surface area contributed by atoms with Crippen LogP contribution in [0.1, 0.15) is 17.3 Å². The summed E-state index contributed by atoms with van der Waals surface area (Å²) in [6.45, 7) is 1.70. The third kappa shape index (κ3) is 2.89. The zero-order valence-corrected chi connectivity index (χ0v) is 11.6. The summed E-state index contributed by atoms with van der Waals surface area (Å²) in [5.41, 5.74) is 0.602. The highest BCUT2D eigenvalue weighted by Crippen LogP contribution is 2.20. The summed E-state index contributed by atoms with van der Waals surface area (Å²) in [6.07, 6.45) is 0. The maximum atomic E-state index is 11.9. The molecule has 0 aliphatic carbocycles. The second-order valence-corrected chi connectivity index (χ2v) is 5.18. The van der Waals surface area contributed by atoms with Crippen molar-refractivity contribution >= 4 is 32.6 Å². The second kappa shape index (κ2) is 5.50. The van der Waals surface area contributed by atoms with Gasteiger partial charge in [-0.25, -0.2) is 0 Å². The molecule has 1 atom stereocenters. The summed E-state index contributed by atoms with van der Waals surface area (Å²) in [5, 5.41) is 13.7. The number of rotatable bonds is 3. The van der Waals surface area contributed by atoms with Gasteiger partial charge in [0.25, 0.3) is 5.91 Å². The highest BCUT2D eigenvalue weighted by atomic mass is 79.9. The Morgan fingerprint density at radius 1 is 1.28 bits per heavy atom. The Morgan fingerprint density at radius 2 is 1.94 bits per heavy atom. The van der Waals surface area contributed by atoms with Crippen LogP contribution >= 0.6 is 15.9 Å². The van der Waals surface area contributed by atoms with E-state index >= 15 is 0 Å². The van der Waals surface area contributed by atoms with E-state index in [4.69, 9.17) is 5.11 Å². The molecule has 2 aromatic carbocycles. The van der Waals surface area contributed by atoms with Gasteiger partial charge in [-0.3, -0.25) is 4.79 Å². The number of nitrogens with one attached hydrogen (secondary N) is 1. The molecule has 2 N–H and O–H groups in total. The summed E-state index contributed by atoms with van der Waals surface area (Å²) in [7, 11) is 0. The lowest BCUT2D eigenvalue weighted by molar-refractivity contribution is 0.0922. The van der Waals surface area contributed by atoms with Crippen molar-refractivity contribution in [3.8, 4) is 0 Å². The first-order valence-electron chi connectivity index (χ1n) is 5.71. The summed E-state index contributed by atoms with van der Waals surface area (Å²) in [6, 6.07) is 11.2. The molecule has 1 amide bonds. The quantitative estimate of drug-likeness (QED) is 0.916. The monoisotopic (exact) mass is 307 g/mol. The molecule has 0 spiro atoms. The minimum Gasteiger partial charge on any atom is -0.394 e. The fraction of sp³-hybridized carbons (Fsp3) is 0.214. The van der Waals surface area contributed by atoms with Crippen LogP contribution in [0, 0.1) is 0 Å². The first-order chi connectivity index (χ1) is 8.60. The predicted molar refractivity (Wildman–Crippen MR) is 75.7 cm³/mol. The van der Waals surface area contributed by atoms with Gasteiger partial charge in [0.2, 0.25) is 0 Å². The molecule has 0 heterocycles. The Balaban J connectivity index is 2.30. The van der Waals surface area contributed by atoms with E-state index in [1.807, 2.05) is 30.3 Å². The fourth-order valence-electron chi connectivity index (χ4n) is 1.71. The van der Waals surface area contributed by atoms with Gasteiger partial charge in [0.15, 0.2) is 0 Å². The van der Waals surface area contributed by atoms with Gasteiger partial charge in [0.05, 0.1) is 6.61 Å². The lowest BCUT2D eigenvalue weighted by Crippen LogP contribution is -2.34. The number of benzene rings is 2. The molecule has 0 unspecified atom stereocenters. The van der Waals surface area contributed by atoms with Gasteiger partial charge in [0.1, 0.15) is 0 Å². The van der Waals surface area contributed by atoms with E-state index in [0.29, 0.717) is 5.56 Å². The van der Waals surface area contributed by atoms with Crippen LogP contribution in [0.3, 0.4) is 0 Å². The maximum absolute atomic E-state index is 11.9. The Bertz CT molecular complexity index is 583. The minimum absolute atomic E-state index is 0.0632. The van der Waals surface area contributed by atoms with Gasteiger partial charge in [0, 0.05) is 16.1 Å². The molecule has 3 nitrogen and oxygen atoms in total. The standard InChI is InChI=1S/C14H14BrNO2/c1-9(8-17)16-14(18)12-3-2-11-7-13(15)5-4-10(11)6-12/h2-7,9,17H,8H2,1H3,(H,16,18)/t9-/m0/s1. The van der Waals surface area contributed by atoms with E-state index in [1.54, 1.807) is 13.0 Å². The Morgan fingerprint density at radius 3 is 2.67 bits per heavy atom. The predicted octanol–water partition coefficient (Wildman–Crippen LogP) is 2.71. The molecule has 0 aliphatic heterocycles. The van der Waals surface area contributed by atoms with Crippen LogP contribution in [0.2, 0.25) is 0 Å². The number of amides is 1. The zero-order valence-electron chi connectivity index (χ0n) is 9.98. The molecule has 0 bridgehead atoms. The Kier molecular flexibility index (Phi) is 3.99. The first-order valence-corrected chi connectivity index (χ1v) is 6.50. The first kappa shape index (κ1) is 13.1. The van der Waals surface area contributed by atoms with Crippen molar-refractivity contribution in [2.75, 3.05) is 6.61 Å². The lowest BCUT2D eigenvalue weighted by Gasteiger charge is -2.11. The SMILES string of the molecule is C[C@@H](CO)NC(=O)c1ccc2cc(Br)ccc2c1. The highest BCUT2D eigenvalue weighted by Gasteiger charge is 2.09. The zero-order chi connectivity index (χ0) is 13.1. The number of halogens is 1. The molecule has 0 radical (unpaired) electrons. The van der Waals surface area contributed by atoms with E-state index in [9.17, 15) is 4.79 Å². The summed E-state index contributed by atoms with van der Waals surface area (Å²) in [4.78, 5) is 11.9. The largest absolute Gasteiger partial charge is 0.394 e. The molecular formula is C14H14BrNO2. The molecule has 94 valence electrons. The van der Waals surface area contributed by atoms with Crippen molar-refractivity contribution in [2.24, 2.45) is 0 Å². The number of aliphatic hydroxyl groups excluding tert-OH is 1. The van der Waals surface area contributed by atoms with Crippen molar-refractivity contribution in [3.63, 3.8) is 0 Å². The van der Waals surface area contributed by atoms with E-state index in [-0.39, 0.29) is 18.6 Å². The van der Waals surface area contributed by atoms with Crippen molar-refractivity contribution < 1.29 is 9.90 Å². The van der Waals surface area contributed by atoms with E-state index in [1.165, 1.54) is 0 Å². The van der Waals surface area contributed by atoms with Gasteiger partial charge in [-0.15, -0.1) is 0 Å². The molecule has 0 fully saturated rings. The van der Waals surface area contributed by atoms with Gasteiger partial charge in [-0.05, 0) is 42.0 Å². The van der Waals surface area contributed by atoms with Gasteiger partial charge >= 0.3 is 0 Å². The summed E-state index contributed by atoms with van der Waals surface area (Å²) in [5.74, 6) is -0.165. The second-order valence-electron chi connectivity index (χ2n) is 4.26. The van der Waals surface area contributed by atoms with Crippen LogP contribution in [-0.4, -0.2) is 23.7 Å². The smallest absolute Gasteiger partial charge is 0.251 e. The van der Waals surface area contributed by atoms with Gasteiger partial charge < -0.3 is 10.4 Å². The molecule has 2 aromatic rings. The van der Waals surface area contributed by atoms with E-state index < -0.39 is 0 Å². The third-order valence-electron chi connectivity index (χ3n) is 2.72. The molecule has 0 saturated heterocycles. The van der Waals surface area contributed by atoms with Crippen LogP contribution < -0.4 is 5.32 Å². The molecule has 0 aliphatic rings. The maximum Gasteiger partial charge on any atom is 0.251 e. The average Bonchev–Trinajstić information content (AvgIpc) is 2.37. The van der Waals surface area contributed by atoms with Crippen LogP contribution in [0.4, 0.5) is 0 Å². The van der Waals surface area contributed by atoms with Crippen LogP contribution in [0.25, 0.3) is 10.8 Å². The number of hydrogen-bond donors (Lipinski definition) is 2. The topological polar surface area (TPSA) is 49.3 Å². The molecular weight excluding hydrogens is 294 g/mol. The molecule has 0 saturated carbocycles. The van der Waals surface area contributed by atoms with Gasteiger partial charge in [-0.1, -0.05) is 28.1 Å². The number of carbonyl (C=O) groups is 1. The van der Waals surface area contributed by atoms with Crippen molar-refractivity contribution in [1.82, 2.24) is 5.32 Å². The van der Waals surface area contributed by atoms with Crippen LogP contribution in [0.15, 0.2) is 40.9 Å². The van der Waals surface area contributed by atoms with Crippen molar-refractivity contribution in [3.05, 3.63) is 46.4 Å². The fourth-order valence-corrected chi connectivity index (χ4v) is 2.09. The van der Waals surface area contributed by atoms with E-state index in [0.717, 1.165) is 15.2 Å². The van der Waals surface area contributed by atoms with Crippen LogP contribution in [0.5, 0.6) is 0 Å². The molecule has 0 aromatic heterocycles. The minimum atomic E-state index is -0.238. The molecule has 4 heteroatoms. The number of hydrogen-bond acceptors (Lipinski definition) is 2. The normalized spacial score (nSPS) is 12.4. The number of carbonyl (C=O) groups excluding carboxylic acids is 1. The van der Waals surface area contributed by atoms with Gasteiger partial charge in [-0.2, -0.15) is 0 Å². The highest BCUT2D eigenvalue weighted by molar-refractivity contribution is 9.10. The Labute approximate surface area is 114 Å². The number of fused-ring (bicyclic) bond motifs is 1. The Hall–Kier alpha value is -1.39. The van der Waals surface area contributed by atoms with Crippen molar-refractivity contribution in [2.45, 2.75) is 13.0 Å². The number of aliphatic hydroxyl groups is 1. The lowest BCUT2D eigenvalue weighted by atomic mass is 10.1. The summed E-state index contributed by atoms with van der Waals surface area (Å²) < 4.78 is 1.01. The third-order valence-corrected chi connectivity index (χ3v) is 3.21. The molecule has 2 rings (SSSR count). The van der Waals surface area contributed by atoms with Crippen molar-refractivity contribution in [1.29, 1.82) is 0 Å². The van der Waals surface area contributed by atoms with E-state index in [2.05, 4.69) is 21.2 Å². The molecule has 18 heavy (non-hydrogen) atoms. The summed E-state index contributed by atoms with van der Waals surface area (Å²) >= 11 is 3.41. The van der Waals surface area contributed by atoms with Crippen LogP contribution in [-0.2, 0) is 0 Å². The average molecular weight is 308 g/mol.